The Balaban J connectivity index is 1.31. The van der Waals surface area contributed by atoms with E-state index in [1.54, 1.807) is 6.92 Å². The van der Waals surface area contributed by atoms with Gasteiger partial charge in [0.25, 0.3) is 0 Å². The van der Waals surface area contributed by atoms with Gasteiger partial charge in [-0.1, -0.05) is 19.3 Å². The van der Waals surface area contributed by atoms with Crippen molar-refractivity contribution in [1.82, 2.24) is 19.8 Å². The fourth-order valence-corrected chi connectivity index (χ4v) is 4.95. The minimum absolute atomic E-state index is 0.111. The topological polar surface area (TPSA) is 66.4 Å². The van der Waals surface area contributed by atoms with Gasteiger partial charge in [-0.05, 0) is 31.6 Å². The van der Waals surface area contributed by atoms with Gasteiger partial charge in [0.05, 0.1) is 5.69 Å². The summed E-state index contributed by atoms with van der Waals surface area (Å²) in [6.45, 7) is 4.64. The third kappa shape index (κ3) is 4.36. The van der Waals surface area contributed by atoms with Crippen LogP contribution < -0.4 is 0 Å². The van der Waals surface area contributed by atoms with E-state index in [1.165, 1.54) is 32.1 Å². The standard InChI is InChI=1S/C22H32N4O2/c1-16(27)26-12-9-20-19(15-26)14-23-22(24-20)18-7-10-25(11-8-18)21(28)13-17-5-3-2-4-6-17/h14,17-18H,2-13,15H2,1H3. The van der Waals surface area contributed by atoms with Crippen LogP contribution in [0, 0.1) is 5.92 Å². The van der Waals surface area contributed by atoms with E-state index in [9.17, 15) is 9.59 Å². The number of hydrogen-bond acceptors (Lipinski definition) is 4. The molecule has 0 N–H and O–H groups in total. The van der Waals surface area contributed by atoms with Crippen LogP contribution in [0.2, 0.25) is 0 Å². The lowest BCUT2D eigenvalue weighted by Crippen LogP contribution is -2.39. The molecule has 0 unspecified atom stereocenters. The summed E-state index contributed by atoms with van der Waals surface area (Å²) in [5.74, 6) is 2.34. The molecule has 1 aromatic heterocycles. The summed E-state index contributed by atoms with van der Waals surface area (Å²) in [7, 11) is 0. The summed E-state index contributed by atoms with van der Waals surface area (Å²) >= 11 is 0. The first-order chi connectivity index (χ1) is 13.6. The first-order valence-electron chi connectivity index (χ1n) is 11.0. The molecule has 1 saturated carbocycles. The van der Waals surface area contributed by atoms with Crippen molar-refractivity contribution in [1.29, 1.82) is 0 Å². The predicted molar refractivity (Wildman–Crippen MR) is 107 cm³/mol. The molecule has 0 radical (unpaired) electrons. The van der Waals surface area contributed by atoms with Crippen LogP contribution in [-0.2, 0) is 22.6 Å². The molecule has 0 aromatic carbocycles. The van der Waals surface area contributed by atoms with Gasteiger partial charge in [-0.2, -0.15) is 0 Å². The minimum Gasteiger partial charge on any atom is -0.343 e. The maximum absolute atomic E-state index is 12.6. The van der Waals surface area contributed by atoms with E-state index in [2.05, 4.69) is 9.88 Å². The van der Waals surface area contributed by atoms with E-state index in [4.69, 9.17) is 4.98 Å². The summed E-state index contributed by atoms with van der Waals surface area (Å²) in [6.07, 6.45) is 11.7. The second kappa shape index (κ2) is 8.58. The zero-order chi connectivity index (χ0) is 19.5. The van der Waals surface area contributed by atoms with Crippen LogP contribution in [-0.4, -0.2) is 51.2 Å². The van der Waals surface area contributed by atoms with Crippen molar-refractivity contribution in [2.24, 2.45) is 5.92 Å². The smallest absolute Gasteiger partial charge is 0.222 e. The molecule has 0 bridgehead atoms. The van der Waals surface area contributed by atoms with Crippen LogP contribution in [0.25, 0.3) is 0 Å². The fraction of sp³-hybridized carbons (Fsp3) is 0.727. The summed E-state index contributed by atoms with van der Waals surface area (Å²) in [5, 5.41) is 0. The molecule has 3 heterocycles. The summed E-state index contributed by atoms with van der Waals surface area (Å²) in [6, 6.07) is 0. The quantitative estimate of drug-likeness (QED) is 0.803. The van der Waals surface area contributed by atoms with Crippen LogP contribution in [0.5, 0.6) is 0 Å². The highest BCUT2D eigenvalue weighted by atomic mass is 16.2. The number of likely N-dealkylation sites (tertiary alicyclic amines) is 1. The van der Waals surface area contributed by atoms with Crippen LogP contribution in [0.4, 0.5) is 0 Å². The Hall–Kier alpha value is -1.98. The maximum Gasteiger partial charge on any atom is 0.222 e. The number of amides is 2. The molecule has 2 amide bonds. The molecule has 1 aromatic rings. The van der Waals surface area contributed by atoms with Crippen molar-refractivity contribution in [3.63, 3.8) is 0 Å². The largest absolute Gasteiger partial charge is 0.343 e. The van der Waals surface area contributed by atoms with E-state index in [0.717, 1.165) is 62.4 Å². The Kier molecular flexibility index (Phi) is 5.93. The number of aromatic nitrogens is 2. The third-order valence-electron chi connectivity index (χ3n) is 6.80. The van der Waals surface area contributed by atoms with E-state index in [1.807, 2.05) is 11.1 Å². The Morgan fingerprint density at radius 2 is 1.79 bits per heavy atom. The SMILES string of the molecule is CC(=O)N1CCc2nc(C3CCN(C(=O)CC4CCCCC4)CC3)ncc2C1. The van der Waals surface area contributed by atoms with Crippen LogP contribution in [0.1, 0.15) is 81.3 Å². The fourth-order valence-electron chi connectivity index (χ4n) is 4.95. The number of rotatable bonds is 3. The first-order valence-corrected chi connectivity index (χ1v) is 11.0. The molecule has 28 heavy (non-hydrogen) atoms. The average molecular weight is 385 g/mol. The maximum atomic E-state index is 12.6. The predicted octanol–water partition coefficient (Wildman–Crippen LogP) is 3.06. The summed E-state index contributed by atoms with van der Waals surface area (Å²) in [4.78, 5) is 37.6. The number of carbonyl (C=O) groups excluding carboxylic acids is 2. The molecule has 3 aliphatic rings. The number of nitrogens with zero attached hydrogens (tertiary/aromatic N) is 4. The van der Waals surface area contributed by atoms with Crippen molar-refractivity contribution in [3.05, 3.63) is 23.3 Å². The summed E-state index contributed by atoms with van der Waals surface area (Å²) in [5.41, 5.74) is 2.17. The number of carbonyl (C=O) groups is 2. The highest BCUT2D eigenvalue weighted by Gasteiger charge is 2.28. The molecule has 4 rings (SSSR count). The van der Waals surface area contributed by atoms with Gasteiger partial charge < -0.3 is 9.80 Å². The minimum atomic E-state index is 0.111. The lowest BCUT2D eigenvalue weighted by molar-refractivity contribution is -0.133. The molecule has 2 fully saturated rings. The van der Waals surface area contributed by atoms with Gasteiger partial charge in [-0.15, -0.1) is 0 Å². The van der Waals surface area contributed by atoms with Crippen molar-refractivity contribution in [2.75, 3.05) is 19.6 Å². The lowest BCUT2D eigenvalue weighted by Gasteiger charge is -2.33. The highest BCUT2D eigenvalue weighted by molar-refractivity contribution is 5.76. The van der Waals surface area contributed by atoms with E-state index in [-0.39, 0.29) is 5.91 Å². The van der Waals surface area contributed by atoms with Crippen molar-refractivity contribution in [3.8, 4) is 0 Å². The number of hydrogen-bond donors (Lipinski definition) is 0. The molecular weight excluding hydrogens is 352 g/mol. The molecule has 1 aliphatic carbocycles. The monoisotopic (exact) mass is 384 g/mol. The van der Waals surface area contributed by atoms with E-state index in [0.29, 0.717) is 24.3 Å². The van der Waals surface area contributed by atoms with Gasteiger partial charge in [-0.3, -0.25) is 9.59 Å². The Bertz CT molecular complexity index is 721. The number of fused-ring (bicyclic) bond motifs is 1. The molecule has 2 aliphatic heterocycles. The average Bonchev–Trinajstić information content (AvgIpc) is 2.73. The zero-order valence-electron chi connectivity index (χ0n) is 17.0. The first kappa shape index (κ1) is 19.3. The lowest BCUT2D eigenvalue weighted by atomic mass is 9.86. The Labute approximate surface area is 167 Å². The third-order valence-corrected chi connectivity index (χ3v) is 6.80. The van der Waals surface area contributed by atoms with Gasteiger partial charge in [0.2, 0.25) is 11.8 Å². The van der Waals surface area contributed by atoms with Gasteiger partial charge in [0.1, 0.15) is 5.82 Å². The molecule has 6 nitrogen and oxygen atoms in total. The molecule has 6 heteroatoms. The van der Waals surface area contributed by atoms with E-state index >= 15 is 0 Å². The molecule has 0 atom stereocenters. The number of piperidine rings is 1. The van der Waals surface area contributed by atoms with Gasteiger partial charge >= 0.3 is 0 Å². The van der Waals surface area contributed by atoms with Crippen molar-refractivity contribution < 1.29 is 9.59 Å². The molecular formula is C22H32N4O2. The van der Waals surface area contributed by atoms with E-state index < -0.39 is 0 Å². The Morgan fingerprint density at radius 1 is 1.04 bits per heavy atom. The van der Waals surface area contributed by atoms with Gasteiger partial charge in [0, 0.05) is 63.6 Å². The van der Waals surface area contributed by atoms with Crippen LogP contribution in [0.3, 0.4) is 0 Å². The molecule has 0 spiro atoms. The molecule has 1 saturated heterocycles. The molecule has 152 valence electrons. The van der Waals surface area contributed by atoms with Gasteiger partial charge in [0.15, 0.2) is 0 Å². The normalized spacial score (nSPS) is 21.5. The highest BCUT2D eigenvalue weighted by Crippen LogP contribution is 2.30. The zero-order valence-corrected chi connectivity index (χ0v) is 17.0. The summed E-state index contributed by atoms with van der Waals surface area (Å²) < 4.78 is 0. The van der Waals surface area contributed by atoms with Gasteiger partial charge in [-0.25, -0.2) is 9.97 Å². The van der Waals surface area contributed by atoms with Crippen molar-refractivity contribution in [2.45, 2.75) is 77.2 Å². The second-order valence-corrected chi connectivity index (χ2v) is 8.75. The van der Waals surface area contributed by atoms with Crippen molar-refractivity contribution >= 4 is 11.8 Å². The Morgan fingerprint density at radius 3 is 2.50 bits per heavy atom. The van der Waals surface area contributed by atoms with Crippen LogP contribution >= 0.6 is 0 Å². The van der Waals surface area contributed by atoms with Crippen LogP contribution in [0.15, 0.2) is 6.20 Å². The second-order valence-electron chi connectivity index (χ2n) is 8.75.